The maximum Gasteiger partial charge on any atom is 0.260 e. The van der Waals surface area contributed by atoms with E-state index in [4.69, 9.17) is 18.9 Å². The number of hydrogen-bond donors (Lipinski definition) is 1. The Morgan fingerprint density at radius 3 is 2.16 bits per heavy atom. The minimum Gasteiger partial charge on any atom is -0.494 e. The number of para-hydroxylation sites is 2. The van der Waals surface area contributed by atoms with Gasteiger partial charge in [-0.3, -0.25) is 9.59 Å². The quantitative estimate of drug-likeness (QED) is 0.609. The Morgan fingerprint density at radius 2 is 1.53 bits per heavy atom. The van der Waals surface area contributed by atoms with Crippen molar-refractivity contribution in [2.75, 3.05) is 40.0 Å². The summed E-state index contributed by atoms with van der Waals surface area (Å²) < 4.78 is 21.8. The Labute approximate surface area is 188 Å². The number of nitrogens with one attached hydrogen (secondary N) is 1. The highest BCUT2D eigenvalue weighted by Gasteiger charge is 2.24. The average Bonchev–Trinajstić information content (AvgIpc) is 2.83. The van der Waals surface area contributed by atoms with Gasteiger partial charge >= 0.3 is 0 Å². The molecule has 2 aromatic rings. The molecule has 1 fully saturated rings. The molecule has 0 unspecified atom stereocenters. The molecule has 1 aliphatic heterocycles. The van der Waals surface area contributed by atoms with E-state index in [1.54, 1.807) is 36.3 Å². The SMILES string of the molecule is CCOc1ccc(OCC(=O)N2CCC(NC(=O)COc3ccccc3OC)CC2)cc1. The Kier molecular flexibility index (Phi) is 8.60. The molecule has 1 heterocycles. The number of methoxy groups -OCH3 is 1. The monoisotopic (exact) mass is 442 g/mol. The zero-order valence-electron chi connectivity index (χ0n) is 18.5. The van der Waals surface area contributed by atoms with Crippen molar-refractivity contribution < 1.29 is 28.5 Å². The molecule has 2 amide bonds. The largest absolute Gasteiger partial charge is 0.494 e. The summed E-state index contributed by atoms with van der Waals surface area (Å²) in [6, 6.07) is 14.4. The van der Waals surface area contributed by atoms with Crippen LogP contribution in [0.1, 0.15) is 19.8 Å². The molecule has 8 nitrogen and oxygen atoms in total. The highest BCUT2D eigenvalue weighted by Crippen LogP contribution is 2.25. The van der Waals surface area contributed by atoms with Crippen LogP contribution in [0.15, 0.2) is 48.5 Å². The van der Waals surface area contributed by atoms with Crippen LogP contribution in [0.2, 0.25) is 0 Å². The average molecular weight is 443 g/mol. The summed E-state index contributed by atoms with van der Waals surface area (Å²) in [5.74, 6) is 2.24. The third-order valence-electron chi connectivity index (χ3n) is 5.14. The summed E-state index contributed by atoms with van der Waals surface area (Å²) in [5.41, 5.74) is 0. The molecule has 2 aromatic carbocycles. The maximum atomic E-state index is 12.4. The van der Waals surface area contributed by atoms with Gasteiger partial charge < -0.3 is 29.2 Å². The highest BCUT2D eigenvalue weighted by molar-refractivity contribution is 5.79. The fraction of sp³-hybridized carbons (Fsp3) is 0.417. The van der Waals surface area contributed by atoms with Crippen molar-refractivity contribution in [1.82, 2.24) is 10.2 Å². The second-order valence-electron chi connectivity index (χ2n) is 7.36. The van der Waals surface area contributed by atoms with Crippen molar-refractivity contribution in [1.29, 1.82) is 0 Å². The smallest absolute Gasteiger partial charge is 0.260 e. The van der Waals surface area contributed by atoms with Crippen molar-refractivity contribution in [3.63, 3.8) is 0 Å². The Bertz CT molecular complexity index is 878. The molecule has 0 bridgehead atoms. The molecule has 0 saturated carbocycles. The van der Waals surface area contributed by atoms with Crippen LogP contribution in [-0.2, 0) is 9.59 Å². The summed E-state index contributed by atoms with van der Waals surface area (Å²) in [5, 5.41) is 2.97. The number of ether oxygens (including phenoxy) is 4. The van der Waals surface area contributed by atoms with Crippen molar-refractivity contribution in [3.8, 4) is 23.0 Å². The van der Waals surface area contributed by atoms with Gasteiger partial charge in [-0.15, -0.1) is 0 Å². The van der Waals surface area contributed by atoms with Gasteiger partial charge in [-0.05, 0) is 56.2 Å². The van der Waals surface area contributed by atoms with Gasteiger partial charge in [0.15, 0.2) is 24.7 Å². The number of amides is 2. The Hall–Kier alpha value is -3.42. The maximum absolute atomic E-state index is 12.4. The fourth-order valence-corrected chi connectivity index (χ4v) is 3.46. The minimum absolute atomic E-state index is 0.0137. The lowest BCUT2D eigenvalue weighted by atomic mass is 10.1. The lowest BCUT2D eigenvalue weighted by Gasteiger charge is -2.32. The van der Waals surface area contributed by atoms with Crippen LogP contribution in [-0.4, -0.2) is 62.8 Å². The molecule has 0 aromatic heterocycles. The van der Waals surface area contributed by atoms with Gasteiger partial charge in [0.1, 0.15) is 11.5 Å². The molecule has 1 aliphatic rings. The van der Waals surface area contributed by atoms with E-state index in [1.807, 2.05) is 31.2 Å². The van der Waals surface area contributed by atoms with E-state index in [0.29, 0.717) is 49.8 Å². The van der Waals surface area contributed by atoms with Crippen molar-refractivity contribution in [2.45, 2.75) is 25.8 Å². The number of carbonyl (C=O) groups excluding carboxylic acids is 2. The first-order valence-electron chi connectivity index (χ1n) is 10.8. The molecule has 0 spiro atoms. The standard InChI is InChI=1S/C24H30N2O6/c1-3-30-19-8-10-20(11-9-19)31-17-24(28)26-14-12-18(13-15-26)25-23(27)16-32-22-7-5-4-6-21(22)29-2/h4-11,18H,3,12-17H2,1-2H3,(H,25,27). The van der Waals surface area contributed by atoms with E-state index in [2.05, 4.69) is 5.32 Å². The third-order valence-corrected chi connectivity index (χ3v) is 5.14. The van der Waals surface area contributed by atoms with Crippen LogP contribution in [0.25, 0.3) is 0 Å². The molecule has 32 heavy (non-hydrogen) atoms. The Balaban J connectivity index is 1.36. The fourth-order valence-electron chi connectivity index (χ4n) is 3.46. The molecular weight excluding hydrogens is 412 g/mol. The number of likely N-dealkylation sites (tertiary alicyclic amines) is 1. The summed E-state index contributed by atoms with van der Waals surface area (Å²) in [4.78, 5) is 26.5. The number of hydrogen-bond acceptors (Lipinski definition) is 6. The van der Waals surface area contributed by atoms with Crippen molar-refractivity contribution in [2.24, 2.45) is 0 Å². The number of rotatable bonds is 10. The number of nitrogens with zero attached hydrogens (tertiary/aromatic N) is 1. The summed E-state index contributed by atoms with van der Waals surface area (Å²) in [6.45, 7) is 3.57. The molecule has 3 rings (SSSR count). The third kappa shape index (κ3) is 6.80. The normalized spacial score (nSPS) is 13.9. The summed E-state index contributed by atoms with van der Waals surface area (Å²) in [7, 11) is 1.56. The zero-order valence-corrected chi connectivity index (χ0v) is 18.5. The van der Waals surface area contributed by atoms with E-state index in [-0.39, 0.29) is 31.1 Å². The molecule has 172 valence electrons. The molecule has 0 aliphatic carbocycles. The molecular formula is C24H30N2O6. The van der Waals surface area contributed by atoms with E-state index in [0.717, 1.165) is 5.75 Å². The van der Waals surface area contributed by atoms with E-state index in [9.17, 15) is 9.59 Å². The van der Waals surface area contributed by atoms with Crippen molar-refractivity contribution in [3.05, 3.63) is 48.5 Å². The van der Waals surface area contributed by atoms with E-state index >= 15 is 0 Å². The van der Waals surface area contributed by atoms with Crippen molar-refractivity contribution >= 4 is 11.8 Å². The zero-order chi connectivity index (χ0) is 22.8. The van der Waals surface area contributed by atoms with E-state index < -0.39 is 0 Å². The lowest BCUT2D eigenvalue weighted by Crippen LogP contribution is -2.48. The van der Waals surface area contributed by atoms with Crippen LogP contribution >= 0.6 is 0 Å². The number of carbonyl (C=O) groups is 2. The molecule has 8 heteroatoms. The van der Waals surface area contributed by atoms with Crippen LogP contribution in [0.5, 0.6) is 23.0 Å². The molecule has 0 atom stereocenters. The Morgan fingerprint density at radius 1 is 0.906 bits per heavy atom. The van der Waals surface area contributed by atoms with Crippen LogP contribution in [0.3, 0.4) is 0 Å². The van der Waals surface area contributed by atoms with Gasteiger partial charge in [0, 0.05) is 19.1 Å². The van der Waals surface area contributed by atoms with Gasteiger partial charge in [-0.25, -0.2) is 0 Å². The van der Waals surface area contributed by atoms with Crippen LogP contribution in [0.4, 0.5) is 0 Å². The van der Waals surface area contributed by atoms with Gasteiger partial charge in [0.25, 0.3) is 11.8 Å². The van der Waals surface area contributed by atoms with Gasteiger partial charge in [0.2, 0.25) is 0 Å². The predicted molar refractivity (Wildman–Crippen MR) is 119 cm³/mol. The van der Waals surface area contributed by atoms with Crippen LogP contribution < -0.4 is 24.3 Å². The second kappa shape index (κ2) is 11.8. The summed E-state index contributed by atoms with van der Waals surface area (Å²) in [6.07, 6.45) is 1.38. The molecule has 0 radical (unpaired) electrons. The topological polar surface area (TPSA) is 86.3 Å². The molecule has 1 saturated heterocycles. The first kappa shape index (κ1) is 23.2. The van der Waals surface area contributed by atoms with Crippen LogP contribution in [0, 0.1) is 0 Å². The first-order chi connectivity index (χ1) is 15.6. The number of piperidine rings is 1. The minimum atomic E-state index is -0.195. The second-order valence-corrected chi connectivity index (χ2v) is 7.36. The van der Waals surface area contributed by atoms with Gasteiger partial charge in [-0.1, -0.05) is 12.1 Å². The van der Waals surface area contributed by atoms with Gasteiger partial charge in [0.05, 0.1) is 13.7 Å². The highest BCUT2D eigenvalue weighted by atomic mass is 16.5. The molecule has 1 N–H and O–H groups in total. The van der Waals surface area contributed by atoms with Gasteiger partial charge in [-0.2, -0.15) is 0 Å². The summed E-state index contributed by atoms with van der Waals surface area (Å²) >= 11 is 0. The number of benzene rings is 2. The first-order valence-corrected chi connectivity index (χ1v) is 10.8. The predicted octanol–water partition coefficient (Wildman–Crippen LogP) is 2.66. The van der Waals surface area contributed by atoms with E-state index in [1.165, 1.54) is 0 Å². The lowest BCUT2D eigenvalue weighted by molar-refractivity contribution is -0.134.